The van der Waals surface area contributed by atoms with E-state index in [1.54, 1.807) is 0 Å². The molecular formula is C14H24N2S. The van der Waals surface area contributed by atoms with Crippen LogP contribution >= 0.6 is 11.3 Å². The van der Waals surface area contributed by atoms with Crippen LogP contribution in [0.3, 0.4) is 0 Å². The third-order valence-electron chi connectivity index (χ3n) is 3.90. The average Bonchev–Trinajstić information content (AvgIpc) is 2.63. The molecule has 1 aromatic heterocycles. The van der Waals surface area contributed by atoms with Gasteiger partial charge in [-0.1, -0.05) is 26.2 Å². The third kappa shape index (κ3) is 4.07. The molecule has 2 nitrogen and oxygen atoms in total. The highest BCUT2D eigenvalue weighted by atomic mass is 32.1. The van der Waals surface area contributed by atoms with Crippen molar-refractivity contribution in [1.82, 2.24) is 10.3 Å². The van der Waals surface area contributed by atoms with Crippen LogP contribution in [0.5, 0.6) is 0 Å². The van der Waals surface area contributed by atoms with Gasteiger partial charge in [0.05, 0.1) is 5.01 Å². The Kier molecular flexibility index (Phi) is 4.99. The van der Waals surface area contributed by atoms with Crippen molar-refractivity contribution in [3.8, 4) is 0 Å². The van der Waals surface area contributed by atoms with Gasteiger partial charge in [0, 0.05) is 23.7 Å². The van der Waals surface area contributed by atoms with Crippen molar-refractivity contribution in [2.24, 2.45) is 5.92 Å². The molecule has 2 atom stereocenters. The Morgan fingerprint density at radius 1 is 1.35 bits per heavy atom. The van der Waals surface area contributed by atoms with Crippen molar-refractivity contribution >= 4 is 11.3 Å². The summed E-state index contributed by atoms with van der Waals surface area (Å²) >= 11 is 1.81. The Balaban J connectivity index is 1.75. The molecule has 2 rings (SSSR count). The highest BCUT2D eigenvalue weighted by molar-refractivity contribution is 7.11. The predicted molar refractivity (Wildman–Crippen MR) is 74.3 cm³/mol. The monoisotopic (exact) mass is 252 g/mol. The number of aromatic nitrogens is 1. The molecule has 0 aliphatic heterocycles. The lowest BCUT2D eigenvalue weighted by Gasteiger charge is -2.15. The van der Waals surface area contributed by atoms with Gasteiger partial charge in [0.25, 0.3) is 0 Å². The Labute approximate surface area is 109 Å². The predicted octanol–water partition coefficient (Wildman–Crippen LogP) is 3.90. The fourth-order valence-electron chi connectivity index (χ4n) is 2.72. The minimum Gasteiger partial charge on any atom is -0.309 e. The van der Waals surface area contributed by atoms with Crippen LogP contribution in [-0.2, 0) is 6.54 Å². The van der Waals surface area contributed by atoms with Crippen LogP contribution in [0.15, 0.2) is 6.20 Å². The van der Waals surface area contributed by atoms with Crippen LogP contribution in [0.4, 0.5) is 0 Å². The number of hydrogen-bond donors (Lipinski definition) is 1. The Bertz CT molecular complexity index is 335. The number of hydrogen-bond acceptors (Lipinski definition) is 3. The van der Waals surface area contributed by atoms with Crippen LogP contribution in [0.25, 0.3) is 0 Å². The van der Waals surface area contributed by atoms with Crippen LogP contribution in [-0.4, -0.2) is 11.0 Å². The molecule has 0 amide bonds. The smallest absolute Gasteiger partial charge is 0.0897 e. The van der Waals surface area contributed by atoms with E-state index in [4.69, 9.17) is 0 Å². The van der Waals surface area contributed by atoms with Crippen LogP contribution in [0, 0.1) is 12.8 Å². The molecule has 17 heavy (non-hydrogen) atoms. The van der Waals surface area contributed by atoms with Gasteiger partial charge >= 0.3 is 0 Å². The lowest BCUT2D eigenvalue weighted by atomic mass is 9.98. The van der Waals surface area contributed by atoms with E-state index in [1.165, 1.54) is 48.4 Å². The van der Waals surface area contributed by atoms with Gasteiger partial charge in [-0.05, 0) is 32.1 Å². The second-order valence-electron chi connectivity index (χ2n) is 5.21. The molecule has 1 fully saturated rings. The van der Waals surface area contributed by atoms with E-state index >= 15 is 0 Å². The Morgan fingerprint density at radius 2 is 2.24 bits per heavy atom. The summed E-state index contributed by atoms with van der Waals surface area (Å²) in [5, 5.41) is 4.88. The van der Waals surface area contributed by atoms with Crippen molar-refractivity contribution in [3.63, 3.8) is 0 Å². The molecule has 1 aliphatic carbocycles. The first-order valence-electron chi connectivity index (χ1n) is 6.92. The zero-order valence-electron chi connectivity index (χ0n) is 11.0. The molecule has 1 aromatic rings. The van der Waals surface area contributed by atoms with Crippen molar-refractivity contribution in [2.75, 3.05) is 0 Å². The van der Waals surface area contributed by atoms with Crippen LogP contribution in [0.2, 0.25) is 0 Å². The highest BCUT2D eigenvalue weighted by Gasteiger charge is 2.17. The van der Waals surface area contributed by atoms with Gasteiger partial charge in [0.15, 0.2) is 0 Å². The first-order valence-corrected chi connectivity index (χ1v) is 7.74. The molecule has 1 N–H and O–H groups in total. The van der Waals surface area contributed by atoms with Gasteiger partial charge in [0.2, 0.25) is 0 Å². The topological polar surface area (TPSA) is 24.9 Å². The maximum atomic E-state index is 4.30. The second-order valence-corrected chi connectivity index (χ2v) is 6.53. The molecule has 0 saturated heterocycles. The van der Waals surface area contributed by atoms with E-state index in [0.717, 1.165) is 18.5 Å². The Morgan fingerprint density at radius 3 is 2.94 bits per heavy atom. The third-order valence-corrected chi connectivity index (χ3v) is 4.81. The van der Waals surface area contributed by atoms with E-state index in [2.05, 4.69) is 24.1 Å². The fourth-order valence-corrected chi connectivity index (χ4v) is 3.47. The first kappa shape index (κ1) is 13.0. The van der Waals surface area contributed by atoms with E-state index in [1.807, 2.05) is 17.5 Å². The zero-order chi connectivity index (χ0) is 12.1. The summed E-state index contributed by atoms with van der Waals surface area (Å²) in [5.74, 6) is 0.979. The number of aryl methyl sites for hydroxylation is 1. The maximum Gasteiger partial charge on any atom is 0.0897 e. The molecular weight excluding hydrogens is 228 g/mol. The molecule has 0 aromatic carbocycles. The first-order chi connectivity index (χ1) is 8.28. The van der Waals surface area contributed by atoms with Crippen molar-refractivity contribution in [2.45, 2.75) is 65.0 Å². The second kappa shape index (κ2) is 6.50. The quantitative estimate of drug-likeness (QED) is 0.822. The average molecular weight is 252 g/mol. The summed E-state index contributed by atoms with van der Waals surface area (Å²) in [4.78, 5) is 5.68. The summed E-state index contributed by atoms with van der Waals surface area (Å²) in [5.41, 5.74) is 0. The van der Waals surface area contributed by atoms with Gasteiger partial charge in [-0.15, -0.1) is 11.3 Å². The molecule has 0 spiro atoms. The van der Waals surface area contributed by atoms with E-state index < -0.39 is 0 Å². The molecule has 1 aliphatic rings. The number of rotatable bonds is 4. The van der Waals surface area contributed by atoms with Crippen molar-refractivity contribution in [3.05, 3.63) is 16.1 Å². The summed E-state index contributed by atoms with van der Waals surface area (Å²) in [6.45, 7) is 5.41. The van der Waals surface area contributed by atoms with Gasteiger partial charge in [-0.25, -0.2) is 4.98 Å². The molecule has 0 bridgehead atoms. The van der Waals surface area contributed by atoms with Crippen LogP contribution < -0.4 is 5.32 Å². The largest absolute Gasteiger partial charge is 0.309 e. The molecule has 0 radical (unpaired) electrons. The highest BCUT2D eigenvalue weighted by Crippen LogP contribution is 2.25. The standard InChI is InChI=1S/C14H24N2S/c1-3-12-5-4-6-13(8-7-12)16-10-14-9-15-11(2)17-14/h9,12-13,16H,3-8,10H2,1-2H3. The minimum atomic E-state index is 0.731. The maximum absolute atomic E-state index is 4.30. The van der Waals surface area contributed by atoms with Gasteiger partial charge < -0.3 is 5.32 Å². The lowest BCUT2D eigenvalue weighted by Crippen LogP contribution is -2.27. The summed E-state index contributed by atoms with van der Waals surface area (Å²) in [6.07, 6.45) is 10.3. The van der Waals surface area contributed by atoms with E-state index in [-0.39, 0.29) is 0 Å². The SMILES string of the molecule is CCC1CCCC(NCc2cnc(C)s2)CC1. The molecule has 3 heteroatoms. The molecule has 1 saturated carbocycles. The summed E-state index contributed by atoms with van der Waals surface area (Å²) in [6, 6.07) is 0.731. The minimum absolute atomic E-state index is 0.731. The number of nitrogens with one attached hydrogen (secondary N) is 1. The molecule has 1 heterocycles. The lowest BCUT2D eigenvalue weighted by molar-refractivity contribution is 0.425. The van der Waals surface area contributed by atoms with E-state index in [9.17, 15) is 0 Å². The molecule has 96 valence electrons. The van der Waals surface area contributed by atoms with Gasteiger partial charge in [-0.3, -0.25) is 0 Å². The zero-order valence-corrected chi connectivity index (χ0v) is 11.9. The van der Waals surface area contributed by atoms with Crippen molar-refractivity contribution < 1.29 is 0 Å². The van der Waals surface area contributed by atoms with Gasteiger partial charge in [0.1, 0.15) is 0 Å². The van der Waals surface area contributed by atoms with E-state index in [0.29, 0.717) is 0 Å². The number of thiazole rings is 1. The fraction of sp³-hybridized carbons (Fsp3) is 0.786. The molecule has 2 unspecified atom stereocenters. The van der Waals surface area contributed by atoms with Gasteiger partial charge in [-0.2, -0.15) is 0 Å². The summed E-state index contributed by atoms with van der Waals surface area (Å²) in [7, 11) is 0. The van der Waals surface area contributed by atoms with Crippen molar-refractivity contribution in [1.29, 1.82) is 0 Å². The Hall–Kier alpha value is -0.410. The summed E-state index contributed by atoms with van der Waals surface area (Å²) < 4.78 is 0. The number of nitrogens with zero attached hydrogens (tertiary/aromatic N) is 1. The van der Waals surface area contributed by atoms with Crippen LogP contribution in [0.1, 0.15) is 55.3 Å². The normalized spacial score (nSPS) is 25.8.